The van der Waals surface area contributed by atoms with Crippen LogP contribution in [0.15, 0.2) is 77.5 Å². The van der Waals surface area contributed by atoms with Crippen LogP contribution in [0.2, 0.25) is 0 Å². The summed E-state index contributed by atoms with van der Waals surface area (Å²) < 4.78 is 13.2. The number of amides is 1. The summed E-state index contributed by atoms with van der Waals surface area (Å²) in [4.78, 5) is 19.7. The Labute approximate surface area is 227 Å². The first-order valence-corrected chi connectivity index (χ1v) is 13.0. The number of furan rings is 1. The second-order valence-corrected chi connectivity index (χ2v) is 9.70. The third kappa shape index (κ3) is 5.15. The zero-order valence-corrected chi connectivity index (χ0v) is 22.5. The van der Waals surface area contributed by atoms with Gasteiger partial charge in [-0.25, -0.2) is 0 Å². The van der Waals surface area contributed by atoms with Crippen LogP contribution in [0.4, 0.5) is 5.69 Å². The van der Waals surface area contributed by atoms with Gasteiger partial charge in [-0.3, -0.25) is 9.78 Å². The van der Waals surface area contributed by atoms with E-state index in [1.54, 1.807) is 19.6 Å². The molecule has 2 atom stereocenters. The van der Waals surface area contributed by atoms with Crippen LogP contribution >= 0.6 is 12.2 Å². The zero-order chi connectivity index (χ0) is 26.6. The standard InChI is InChI=1S/C29H31N5O3S/c1-19-17-22(20(2)34(19)18-21-9-8-16-37-21)28-27(24-11-6-7-14-30-24)32-29(38)33(28)15-13-26(35)31-23-10-4-5-12-25(23)36-3/h4-12,14,16-17,27-28H,13,15,18H2,1-3H3,(H,31,35)(H,32,38)/t27-,28-/m1/s1. The van der Waals surface area contributed by atoms with Gasteiger partial charge in [0.2, 0.25) is 5.91 Å². The van der Waals surface area contributed by atoms with Crippen LogP contribution in [-0.4, -0.2) is 39.1 Å². The SMILES string of the molecule is COc1ccccc1NC(=O)CCN1C(=S)N[C@H](c2ccccn2)[C@H]1c1cc(C)n(Cc2ccco2)c1C. The number of anilines is 1. The van der Waals surface area contributed by atoms with Crippen molar-refractivity contribution in [1.29, 1.82) is 0 Å². The molecule has 9 heteroatoms. The van der Waals surface area contributed by atoms with E-state index in [1.165, 1.54) is 0 Å². The molecular formula is C29H31N5O3S. The first-order chi connectivity index (χ1) is 18.5. The normalized spacial score (nSPS) is 16.9. The van der Waals surface area contributed by atoms with Crippen LogP contribution in [0.5, 0.6) is 5.75 Å². The van der Waals surface area contributed by atoms with Crippen molar-refractivity contribution in [3.8, 4) is 5.75 Å². The molecule has 8 nitrogen and oxygen atoms in total. The fraction of sp³-hybridized carbons (Fsp3) is 0.276. The Morgan fingerprint density at radius 3 is 2.71 bits per heavy atom. The highest BCUT2D eigenvalue weighted by Gasteiger charge is 2.41. The molecule has 1 saturated heterocycles. The molecule has 3 aromatic heterocycles. The van der Waals surface area contributed by atoms with Crippen molar-refractivity contribution in [3.05, 3.63) is 102 Å². The Kier molecular flexibility index (Phi) is 7.46. The van der Waals surface area contributed by atoms with Crippen molar-refractivity contribution in [1.82, 2.24) is 19.8 Å². The minimum atomic E-state index is -0.154. The van der Waals surface area contributed by atoms with E-state index in [0.717, 1.165) is 28.4 Å². The molecule has 1 aliphatic heterocycles. The largest absolute Gasteiger partial charge is 0.495 e. The number of benzene rings is 1. The van der Waals surface area contributed by atoms with Gasteiger partial charge in [0.05, 0.1) is 43.4 Å². The van der Waals surface area contributed by atoms with E-state index in [0.29, 0.717) is 29.6 Å². The van der Waals surface area contributed by atoms with Crippen molar-refractivity contribution >= 4 is 28.9 Å². The van der Waals surface area contributed by atoms with Crippen LogP contribution in [0.3, 0.4) is 0 Å². The number of carbonyl (C=O) groups excluding carboxylic acids is 1. The second-order valence-electron chi connectivity index (χ2n) is 9.31. The molecule has 0 unspecified atom stereocenters. The maximum atomic E-state index is 13.0. The lowest BCUT2D eigenvalue weighted by Crippen LogP contribution is -2.33. The molecule has 0 aliphatic carbocycles. The number of carbonyl (C=O) groups is 1. The van der Waals surface area contributed by atoms with E-state index in [4.69, 9.17) is 21.4 Å². The summed E-state index contributed by atoms with van der Waals surface area (Å²) in [5, 5.41) is 7.05. The van der Waals surface area contributed by atoms with E-state index in [9.17, 15) is 4.79 Å². The molecule has 5 rings (SSSR count). The molecule has 1 aliphatic rings. The second kappa shape index (κ2) is 11.1. The number of ether oxygens (including phenoxy) is 1. The summed E-state index contributed by atoms with van der Waals surface area (Å²) >= 11 is 5.81. The molecule has 2 N–H and O–H groups in total. The number of rotatable bonds is 9. The smallest absolute Gasteiger partial charge is 0.226 e. The average molecular weight is 530 g/mol. The minimum Gasteiger partial charge on any atom is -0.495 e. The number of hydrogen-bond acceptors (Lipinski definition) is 5. The predicted octanol–water partition coefficient (Wildman–Crippen LogP) is 5.15. The molecule has 0 radical (unpaired) electrons. The monoisotopic (exact) mass is 529 g/mol. The number of pyridine rings is 1. The number of hydrogen-bond donors (Lipinski definition) is 2. The van der Waals surface area contributed by atoms with Crippen molar-refractivity contribution in [2.75, 3.05) is 19.0 Å². The lowest BCUT2D eigenvalue weighted by Gasteiger charge is -2.28. The fourth-order valence-electron chi connectivity index (χ4n) is 5.10. The van der Waals surface area contributed by atoms with Gasteiger partial charge < -0.3 is 29.3 Å². The molecule has 0 saturated carbocycles. The van der Waals surface area contributed by atoms with E-state index < -0.39 is 0 Å². The molecule has 4 aromatic rings. The highest BCUT2D eigenvalue weighted by molar-refractivity contribution is 7.80. The van der Waals surface area contributed by atoms with Gasteiger partial charge in [0, 0.05) is 30.6 Å². The summed E-state index contributed by atoms with van der Waals surface area (Å²) in [6.45, 7) is 5.31. The first-order valence-electron chi connectivity index (χ1n) is 12.6. The Bertz CT molecular complexity index is 1420. The zero-order valence-electron chi connectivity index (χ0n) is 21.7. The maximum absolute atomic E-state index is 13.0. The van der Waals surface area contributed by atoms with Gasteiger partial charge in [0.15, 0.2) is 5.11 Å². The minimum absolute atomic E-state index is 0.111. The number of aromatic nitrogens is 2. The topological polar surface area (TPSA) is 84.6 Å². The molecule has 0 bridgehead atoms. The van der Waals surface area contributed by atoms with Crippen molar-refractivity contribution in [2.24, 2.45) is 0 Å². The third-order valence-electron chi connectivity index (χ3n) is 6.98. The van der Waals surface area contributed by atoms with Gasteiger partial charge >= 0.3 is 0 Å². The number of nitrogens with one attached hydrogen (secondary N) is 2. The lowest BCUT2D eigenvalue weighted by atomic mass is 9.96. The fourth-order valence-corrected chi connectivity index (χ4v) is 5.43. The van der Waals surface area contributed by atoms with Crippen LogP contribution in [0.25, 0.3) is 0 Å². The quantitative estimate of drug-likeness (QED) is 0.290. The molecular weight excluding hydrogens is 498 g/mol. The Morgan fingerprint density at radius 1 is 1.16 bits per heavy atom. The maximum Gasteiger partial charge on any atom is 0.226 e. The Balaban J connectivity index is 1.42. The van der Waals surface area contributed by atoms with Gasteiger partial charge in [-0.2, -0.15) is 0 Å². The highest BCUT2D eigenvalue weighted by Crippen LogP contribution is 2.41. The van der Waals surface area contributed by atoms with Gasteiger partial charge in [-0.05, 0) is 74.1 Å². The van der Waals surface area contributed by atoms with Crippen LogP contribution in [-0.2, 0) is 11.3 Å². The van der Waals surface area contributed by atoms with Crippen molar-refractivity contribution < 1.29 is 13.9 Å². The summed E-state index contributed by atoms with van der Waals surface area (Å²) in [7, 11) is 1.59. The molecule has 1 amide bonds. The van der Waals surface area contributed by atoms with Gasteiger partial charge in [-0.1, -0.05) is 18.2 Å². The van der Waals surface area contributed by atoms with E-state index in [-0.39, 0.29) is 24.4 Å². The van der Waals surface area contributed by atoms with Crippen LogP contribution in [0, 0.1) is 13.8 Å². The number of nitrogens with zero attached hydrogens (tertiary/aromatic N) is 3. The predicted molar refractivity (Wildman–Crippen MR) is 150 cm³/mol. The first kappa shape index (κ1) is 25.5. The van der Waals surface area contributed by atoms with E-state index >= 15 is 0 Å². The molecule has 4 heterocycles. The molecule has 0 spiro atoms. The van der Waals surface area contributed by atoms with E-state index in [2.05, 4.69) is 45.0 Å². The van der Waals surface area contributed by atoms with Crippen molar-refractivity contribution in [3.63, 3.8) is 0 Å². The number of methoxy groups -OCH3 is 1. The highest BCUT2D eigenvalue weighted by atomic mass is 32.1. The summed E-state index contributed by atoms with van der Waals surface area (Å²) in [6, 6.07) is 19.1. The van der Waals surface area contributed by atoms with E-state index in [1.807, 2.05) is 54.6 Å². The molecule has 1 aromatic carbocycles. The summed E-state index contributed by atoms with van der Waals surface area (Å²) in [5.74, 6) is 1.40. The average Bonchev–Trinajstić information content (AvgIpc) is 3.63. The number of thiocarbonyl (C=S) groups is 1. The third-order valence-corrected chi connectivity index (χ3v) is 7.34. The van der Waals surface area contributed by atoms with Gasteiger partial charge in [-0.15, -0.1) is 0 Å². The summed E-state index contributed by atoms with van der Waals surface area (Å²) in [5.41, 5.74) is 4.94. The Morgan fingerprint density at radius 2 is 1.97 bits per heavy atom. The van der Waals surface area contributed by atoms with Gasteiger partial charge in [0.25, 0.3) is 0 Å². The number of aryl methyl sites for hydroxylation is 1. The van der Waals surface area contributed by atoms with Crippen LogP contribution in [0.1, 0.15) is 46.9 Å². The number of para-hydroxylation sites is 2. The molecule has 1 fully saturated rings. The molecule has 196 valence electrons. The molecule has 38 heavy (non-hydrogen) atoms. The van der Waals surface area contributed by atoms with Gasteiger partial charge in [0.1, 0.15) is 11.5 Å². The van der Waals surface area contributed by atoms with Crippen molar-refractivity contribution in [2.45, 2.75) is 38.9 Å². The summed E-state index contributed by atoms with van der Waals surface area (Å²) in [6.07, 6.45) is 3.75. The lowest BCUT2D eigenvalue weighted by molar-refractivity contribution is -0.116. The Hall–Kier alpha value is -4.11. The van der Waals surface area contributed by atoms with Crippen LogP contribution < -0.4 is 15.4 Å².